The van der Waals surface area contributed by atoms with E-state index >= 15 is 0 Å². The molecule has 2 aromatic carbocycles. The Hall–Kier alpha value is -2.53. The van der Waals surface area contributed by atoms with Crippen molar-refractivity contribution in [3.8, 4) is 5.69 Å². The maximum absolute atomic E-state index is 12.2. The van der Waals surface area contributed by atoms with Crippen LogP contribution in [0.5, 0.6) is 0 Å². The van der Waals surface area contributed by atoms with Crippen LogP contribution in [0.2, 0.25) is 0 Å². The Morgan fingerprint density at radius 2 is 1.73 bits per heavy atom. The van der Waals surface area contributed by atoms with E-state index in [1.54, 1.807) is 11.8 Å². The first kappa shape index (κ1) is 18.3. The van der Waals surface area contributed by atoms with E-state index in [1.165, 1.54) is 5.56 Å². The third-order valence-electron chi connectivity index (χ3n) is 4.30. The summed E-state index contributed by atoms with van der Waals surface area (Å²) in [7, 11) is 0. The summed E-state index contributed by atoms with van der Waals surface area (Å²) in [4.78, 5) is 13.3. The molecule has 0 unspecified atom stereocenters. The molecule has 1 N–H and O–H groups in total. The first-order chi connectivity index (χ1) is 12.5. The fraction of sp³-hybridized carbons (Fsp3) is 0.238. The number of carbonyl (C=O) groups excluding carboxylic acids is 1. The number of nitrogens with one attached hydrogen (secondary N) is 1. The van der Waals surface area contributed by atoms with Gasteiger partial charge in [-0.15, -0.1) is 11.8 Å². The number of carbonyl (C=O) groups is 1. The summed E-state index contributed by atoms with van der Waals surface area (Å²) in [6.45, 7) is 6.57. The van der Waals surface area contributed by atoms with Gasteiger partial charge < -0.3 is 5.32 Å². The Kier molecular flexibility index (Phi) is 5.78. The van der Waals surface area contributed by atoms with E-state index in [1.807, 2.05) is 61.0 Å². The molecule has 0 aliphatic rings. The van der Waals surface area contributed by atoms with Gasteiger partial charge in [0.15, 0.2) is 0 Å². The zero-order valence-corrected chi connectivity index (χ0v) is 16.1. The van der Waals surface area contributed by atoms with Gasteiger partial charge in [0.1, 0.15) is 0 Å². The molecule has 1 aromatic heterocycles. The summed E-state index contributed by atoms with van der Waals surface area (Å²) in [5.74, 6) is 0.440. The highest BCUT2D eigenvalue weighted by molar-refractivity contribution is 8.00. The number of hydrogen-bond donors (Lipinski definition) is 1. The molecule has 0 atom stereocenters. The lowest BCUT2D eigenvalue weighted by Crippen LogP contribution is -2.25. The maximum Gasteiger partial charge on any atom is 0.230 e. The molecule has 0 fully saturated rings. The van der Waals surface area contributed by atoms with E-state index in [9.17, 15) is 4.79 Å². The first-order valence-corrected chi connectivity index (χ1v) is 9.60. The van der Waals surface area contributed by atoms with E-state index in [2.05, 4.69) is 29.5 Å². The van der Waals surface area contributed by atoms with Crippen molar-refractivity contribution >= 4 is 17.7 Å². The van der Waals surface area contributed by atoms with Crippen molar-refractivity contribution in [1.29, 1.82) is 0 Å². The number of aromatic nitrogens is 2. The van der Waals surface area contributed by atoms with E-state index < -0.39 is 0 Å². The van der Waals surface area contributed by atoms with E-state index in [0.717, 1.165) is 27.5 Å². The molecule has 0 saturated carbocycles. The minimum Gasteiger partial charge on any atom is -0.351 e. The standard InChI is InChI=1S/C21H23N3OS/c1-15-9-11-19(12-10-15)26-14-21(25)22-13-20-16(2)23-24(17(20)3)18-7-5-4-6-8-18/h4-12H,13-14H2,1-3H3,(H,22,25). The highest BCUT2D eigenvalue weighted by Crippen LogP contribution is 2.19. The van der Waals surface area contributed by atoms with Crippen LogP contribution in [0, 0.1) is 20.8 Å². The molecule has 0 saturated heterocycles. The minimum absolute atomic E-state index is 0.0295. The normalized spacial score (nSPS) is 10.7. The van der Waals surface area contributed by atoms with Crippen molar-refractivity contribution in [3.05, 3.63) is 77.1 Å². The fourth-order valence-corrected chi connectivity index (χ4v) is 3.50. The summed E-state index contributed by atoms with van der Waals surface area (Å²) < 4.78 is 1.93. The molecule has 26 heavy (non-hydrogen) atoms. The number of thioether (sulfide) groups is 1. The van der Waals surface area contributed by atoms with Crippen LogP contribution in [0.4, 0.5) is 0 Å². The number of aryl methyl sites for hydroxylation is 2. The van der Waals surface area contributed by atoms with Gasteiger partial charge in [0, 0.05) is 22.7 Å². The van der Waals surface area contributed by atoms with Crippen LogP contribution in [0.15, 0.2) is 59.5 Å². The zero-order valence-electron chi connectivity index (χ0n) is 15.3. The van der Waals surface area contributed by atoms with Gasteiger partial charge in [0.2, 0.25) is 5.91 Å². The van der Waals surface area contributed by atoms with Gasteiger partial charge >= 0.3 is 0 Å². The van der Waals surface area contributed by atoms with Crippen LogP contribution in [-0.2, 0) is 11.3 Å². The monoisotopic (exact) mass is 365 g/mol. The highest BCUT2D eigenvalue weighted by Gasteiger charge is 2.13. The Labute approximate surface area is 158 Å². The smallest absolute Gasteiger partial charge is 0.230 e. The van der Waals surface area contributed by atoms with Gasteiger partial charge in [-0.2, -0.15) is 5.10 Å². The SMILES string of the molecule is Cc1ccc(SCC(=O)NCc2c(C)nn(-c3ccccc3)c2C)cc1. The second-order valence-corrected chi connectivity index (χ2v) is 7.32. The van der Waals surface area contributed by atoms with Crippen molar-refractivity contribution < 1.29 is 4.79 Å². The van der Waals surface area contributed by atoms with Crippen LogP contribution in [0.25, 0.3) is 5.69 Å². The van der Waals surface area contributed by atoms with Gasteiger partial charge in [-0.05, 0) is 45.0 Å². The Balaban J connectivity index is 1.60. The van der Waals surface area contributed by atoms with E-state index in [-0.39, 0.29) is 5.91 Å². The molecule has 1 heterocycles. The van der Waals surface area contributed by atoms with Gasteiger partial charge in [-0.3, -0.25) is 4.79 Å². The first-order valence-electron chi connectivity index (χ1n) is 8.61. The van der Waals surface area contributed by atoms with Crippen molar-refractivity contribution in [2.45, 2.75) is 32.2 Å². The summed E-state index contributed by atoms with van der Waals surface area (Å²) in [6.07, 6.45) is 0. The Morgan fingerprint density at radius 3 is 2.42 bits per heavy atom. The second-order valence-electron chi connectivity index (χ2n) is 6.28. The number of hydrogen-bond acceptors (Lipinski definition) is 3. The lowest BCUT2D eigenvalue weighted by molar-refractivity contribution is -0.118. The predicted octanol–water partition coefficient (Wildman–Crippen LogP) is 4.21. The topological polar surface area (TPSA) is 46.9 Å². The molecule has 4 nitrogen and oxygen atoms in total. The van der Waals surface area contributed by atoms with Crippen molar-refractivity contribution in [1.82, 2.24) is 15.1 Å². The van der Waals surface area contributed by atoms with Crippen molar-refractivity contribution in [2.75, 3.05) is 5.75 Å². The minimum atomic E-state index is 0.0295. The molecule has 3 rings (SSSR count). The summed E-state index contributed by atoms with van der Waals surface area (Å²) in [5, 5.41) is 7.63. The molecule has 0 aliphatic heterocycles. The molecule has 134 valence electrons. The van der Waals surface area contributed by atoms with Crippen LogP contribution in [0.3, 0.4) is 0 Å². The third-order valence-corrected chi connectivity index (χ3v) is 5.31. The third kappa shape index (κ3) is 4.35. The maximum atomic E-state index is 12.2. The Morgan fingerprint density at radius 1 is 1.04 bits per heavy atom. The van der Waals surface area contributed by atoms with Crippen LogP contribution in [-0.4, -0.2) is 21.4 Å². The predicted molar refractivity (Wildman–Crippen MR) is 107 cm³/mol. The molecular formula is C21H23N3OS. The van der Waals surface area contributed by atoms with Gasteiger partial charge in [-0.1, -0.05) is 35.9 Å². The molecule has 0 aliphatic carbocycles. The van der Waals surface area contributed by atoms with E-state index in [4.69, 9.17) is 0 Å². The van der Waals surface area contributed by atoms with Crippen molar-refractivity contribution in [2.24, 2.45) is 0 Å². The molecule has 0 bridgehead atoms. The fourth-order valence-electron chi connectivity index (χ4n) is 2.77. The largest absolute Gasteiger partial charge is 0.351 e. The number of benzene rings is 2. The lowest BCUT2D eigenvalue weighted by atomic mass is 10.2. The summed E-state index contributed by atoms with van der Waals surface area (Å²) >= 11 is 1.55. The number of nitrogens with zero attached hydrogens (tertiary/aromatic N) is 2. The molecule has 0 radical (unpaired) electrons. The average Bonchev–Trinajstić information content (AvgIpc) is 2.94. The molecular weight excluding hydrogens is 342 g/mol. The van der Waals surface area contributed by atoms with Crippen LogP contribution >= 0.6 is 11.8 Å². The van der Waals surface area contributed by atoms with Gasteiger partial charge in [0.05, 0.1) is 17.1 Å². The quantitative estimate of drug-likeness (QED) is 0.666. The van der Waals surface area contributed by atoms with Crippen LogP contribution in [0.1, 0.15) is 22.5 Å². The molecule has 5 heteroatoms. The molecule has 1 amide bonds. The molecule has 3 aromatic rings. The number of para-hydroxylation sites is 1. The molecule has 0 spiro atoms. The highest BCUT2D eigenvalue weighted by atomic mass is 32.2. The zero-order chi connectivity index (χ0) is 18.5. The van der Waals surface area contributed by atoms with Gasteiger partial charge in [0.25, 0.3) is 0 Å². The van der Waals surface area contributed by atoms with Gasteiger partial charge in [-0.25, -0.2) is 4.68 Å². The second kappa shape index (κ2) is 8.23. The lowest BCUT2D eigenvalue weighted by Gasteiger charge is -2.07. The van der Waals surface area contributed by atoms with Crippen LogP contribution < -0.4 is 5.32 Å². The Bertz CT molecular complexity index is 886. The van der Waals surface area contributed by atoms with E-state index in [0.29, 0.717) is 12.3 Å². The average molecular weight is 366 g/mol. The van der Waals surface area contributed by atoms with Crippen molar-refractivity contribution in [3.63, 3.8) is 0 Å². The number of rotatable bonds is 6. The number of amides is 1. The summed E-state index contributed by atoms with van der Waals surface area (Å²) in [5.41, 5.74) is 5.32. The summed E-state index contributed by atoms with van der Waals surface area (Å²) in [6, 6.07) is 18.2.